The van der Waals surface area contributed by atoms with Crippen molar-refractivity contribution in [3.8, 4) is 22.3 Å². The molecule has 0 spiro atoms. The third kappa shape index (κ3) is 4.88. The third-order valence-corrected chi connectivity index (χ3v) is 10.5. The number of nitrogens with one attached hydrogen (secondary N) is 1. The zero-order valence-corrected chi connectivity index (χ0v) is 27.6. The number of aliphatic imine (C=N–C) groups is 2. The van der Waals surface area contributed by atoms with E-state index >= 15 is 0 Å². The summed E-state index contributed by atoms with van der Waals surface area (Å²) < 4.78 is 8.41. The highest BCUT2D eigenvalue weighted by molar-refractivity contribution is 7.25. The molecule has 0 radical (unpaired) electrons. The smallest absolute Gasteiger partial charge is 0.161 e. The minimum atomic E-state index is -0.314. The van der Waals surface area contributed by atoms with E-state index in [2.05, 4.69) is 115 Å². The second kappa shape index (κ2) is 11.7. The zero-order valence-electron chi connectivity index (χ0n) is 26.7. The number of pyridine rings is 1. The van der Waals surface area contributed by atoms with Crippen LogP contribution in [-0.4, -0.2) is 16.7 Å². The van der Waals surface area contributed by atoms with Crippen LogP contribution in [0.5, 0.6) is 0 Å². The Balaban J connectivity index is 1.13. The zero-order chi connectivity index (χ0) is 33.0. The lowest BCUT2D eigenvalue weighted by molar-refractivity contribution is 0.669. The van der Waals surface area contributed by atoms with E-state index in [4.69, 9.17) is 19.4 Å². The van der Waals surface area contributed by atoms with Gasteiger partial charge >= 0.3 is 0 Å². The fraction of sp³-hybridized carbons (Fsp3) is 0.0227. The van der Waals surface area contributed by atoms with Crippen LogP contribution in [0.25, 0.3) is 64.4 Å². The van der Waals surface area contributed by atoms with Crippen molar-refractivity contribution < 1.29 is 4.42 Å². The maximum atomic E-state index is 6.12. The molecule has 3 aromatic heterocycles. The van der Waals surface area contributed by atoms with Gasteiger partial charge in [-0.2, -0.15) is 0 Å². The van der Waals surface area contributed by atoms with Gasteiger partial charge in [-0.05, 0) is 64.2 Å². The number of aromatic nitrogens is 1. The maximum absolute atomic E-state index is 6.12. The lowest BCUT2D eigenvalue weighted by Crippen LogP contribution is -2.33. The quantitative estimate of drug-likeness (QED) is 0.200. The van der Waals surface area contributed by atoms with Crippen molar-refractivity contribution in [3.05, 3.63) is 175 Å². The van der Waals surface area contributed by atoms with Gasteiger partial charge in [0.25, 0.3) is 0 Å². The number of amidine groups is 2. The van der Waals surface area contributed by atoms with E-state index in [0.29, 0.717) is 5.84 Å². The van der Waals surface area contributed by atoms with Gasteiger partial charge in [0.05, 0.1) is 4.70 Å². The van der Waals surface area contributed by atoms with E-state index in [-0.39, 0.29) is 6.17 Å². The average molecular weight is 661 g/mol. The van der Waals surface area contributed by atoms with Gasteiger partial charge in [0.1, 0.15) is 23.2 Å². The molecule has 1 aliphatic heterocycles. The standard InChI is InChI=1S/C44H28N4OS/c1-3-10-27(11-4-1)29-14-9-15-32(22-29)43-46-42(28-12-5-2-6-13-28)47-44(48-43)36-25-45-26-40-41(36)35-24-31(19-21-39(35)50-40)30-18-20-38-34(23-30)33-16-7-8-17-37(33)49-38/h1-26,42H,(H,46,47,48). The Hall–Kier alpha value is -6.37. The summed E-state index contributed by atoms with van der Waals surface area (Å²) in [6, 6.07) is 50.7. The number of benzene rings is 6. The van der Waals surface area contributed by atoms with Crippen molar-refractivity contribution in [3.63, 3.8) is 0 Å². The molecule has 1 aliphatic rings. The molecule has 0 saturated carbocycles. The van der Waals surface area contributed by atoms with Gasteiger partial charge < -0.3 is 9.73 Å². The highest BCUT2D eigenvalue weighted by Gasteiger charge is 2.24. The van der Waals surface area contributed by atoms with Crippen LogP contribution >= 0.6 is 11.3 Å². The Labute approximate surface area is 291 Å². The van der Waals surface area contributed by atoms with Crippen LogP contribution in [0.1, 0.15) is 22.9 Å². The Bertz CT molecular complexity index is 2800. The molecule has 6 heteroatoms. The number of hydrogen-bond donors (Lipinski definition) is 1. The molecular weight excluding hydrogens is 633 g/mol. The Morgan fingerprint density at radius 1 is 0.540 bits per heavy atom. The van der Waals surface area contributed by atoms with Gasteiger partial charge in [-0.25, -0.2) is 9.98 Å². The number of para-hydroxylation sites is 1. The van der Waals surface area contributed by atoms with E-state index in [1.54, 1.807) is 11.3 Å². The third-order valence-electron chi connectivity index (χ3n) is 9.43. The first kappa shape index (κ1) is 28.6. The predicted octanol–water partition coefficient (Wildman–Crippen LogP) is 11.2. The molecule has 5 nitrogen and oxygen atoms in total. The molecular formula is C44H28N4OS. The van der Waals surface area contributed by atoms with E-state index in [1.165, 1.54) is 4.70 Å². The van der Waals surface area contributed by atoms with Crippen LogP contribution in [0.2, 0.25) is 0 Å². The van der Waals surface area contributed by atoms with Crippen LogP contribution in [0.15, 0.2) is 172 Å². The lowest BCUT2D eigenvalue weighted by atomic mass is 9.99. The van der Waals surface area contributed by atoms with Crippen molar-refractivity contribution >= 4 is 65.1 Å². The molecule has 236 valence electrons. The minimum absolute atomic E-state index is 0.314. The van der Waals surface area contributed by atoms with E-state index in [9.17, 15) is 0 Å². The second-order valence-electron chi connectivity index (χ2n) is 12.5. The highest BCUT2D eigenvalue weighted by Crippen LogP contribution is 2.40. The highest BCUT2D eigenvalue weighted by atomic mass is 32.1. The average Bonchev–Trinajstić information content (AvgIpc) is 3.76. The summed E-state index contributed by atoms with van der Waals surface area (Å²) >= 11 is 1.75. The van der Waals surface area contributed by atoms with Crippen molar-refractivity contribution in [1.29, 1.82) is 0 Å². The first-order valence-corrected chi connectivity index (χ1v) is 17.4. The Morgan fingerprint density at radius 2 is 1.24 bits per heavy atom. The number of thiophene rings is 1. The van der Waals surface area contributed by atoms with Crippen LogP contribution in [0.3, 0.4) is 0 Å². The normalized spacial score (nSPS) is 14.6. The van der Waals surface area contributed by atoms with Gasteiger partial charge in [-0.1, -0.05) is 109 Å². The molecule has 1 atom stereocenters. The van der Waals surface area contributed by atoms with Crippen LogP contribution in [-0.2, 0) is 0 Å². The molecule has 0 fully saturated rings. The Morgan fingerprint density at radius 3 is 2.12 bits per heavy atom. The van der Waals surface area contributed by atoms with Crippen molar-refractivity contribution in [2.24, 2.45) is 9.98 Å². The summed E-state index contributed by atoms with van der Waals surface area (Å²) in [6.07, 6.45) is 3.56. The minimum Gasteiger partial charge on any atom is -0.456 e. The van der Waals surface area contributed by atoms with Crippen molar-refractivity contribution in [1.82, 2.24) is 10.3 Å². The summed E-state index contributed by atoms with van der Waals surface area (Å²) in [7, 11) is 0. The van der Waals surface area contributed by atoms with Crippen molar-refractivity contribution in [2.45, 2.75) is 6.17 Å². The van der Waals surface area contributed by atoms with E-state index in [1.807, 2.05) is 48.8 Å². The SMILES string of the molecule is c1ccc(-c2cccc(C3=NC(c4cncc5sc6ccc(-c7ccc8oc9ccccc9c8c7)cc6c45)=NC(c4ccccc4)N3)c2)cc1. The van der Waals surface area contributed by atoms with Crippen LogP contribution in [0, 0.1) is 0 Å². The summed E-state index contributed by atoms with van der Waals surface area (Å²) in [5.41, 5.74) is 9.36. The molecule has 0 amide bonds. The monoisotopic (exact) mass is 660 g/mol. The first-order chi connectivity index (χ1) is 24.7. The van der Waals surface area contributed by atoms with Gasteiger partial charge in [-0.15, -0.1) is 11.3 Å². The molecule has 4 heterocycles. The molecule has 10 rings (SSSR count). The summed E-state index contributed by atoms with van der Waals surface area (Å²) in [6.45, 7) is 0. The van der Waals surface area contributed by atoms with Gasteiger partial charge in [0, 0.05) is 49.8 Å². The summed E-state index contributed by atoms with van der Waals surface area (Å²) in [5, 5.41) is 8.16. The number of nitrogens with zero attached hydrogens (tertiary/aromatic N) is 3. The number of fused-ring (bicyclic) bond motifs is 6. The van der Waals surface area contributed by atoms with Crippen LogP contribution < -0.4 is 5.32 Å². The summed E-state index contributed by atoms with van der Waals surface area (Å²) in [4.78, 5) is 15.1. The summed E-state index contributed by atoms with van der Waals surface area (Å²) in [5.74, 6) is 1.44. The van der Waals surface area contributed by atoms with Gasteiger partial charge in [0.15, 0.2) is 5.84 Å². The fourth-order valence-corrected chi connectivity index (χ4v) is 8.06. The topological polar surface area (TPSA) is 62.8 Å². The fourth-order valence-electron chi connectivity index (χ4n) is 6.98. The largest absolute Gasteiger partial charge is 0.456 e. The Kier molecular flexibility index (Phi) is 6.67. The maximum Gasteiger partial charge on any atom is 0.161 e. The number of rotatable bonds is 5. The molecule has 1 unspecified atom stereocenters. The number of furan rings is 1. The lowest BCUT2D eigenvalue weighted by Gasteiger charge is -2.24. The number of hydrogen-bond acceptors (Lipinski definition) is 6. The van der Waals surface area contributed by atoms with E-state index < -0.39 is 0 Å². The predicted molar refractivity (Wildman–Crippen MR) is 207 cm³/mol. The molecule has 0 aliphatic carbocycles. The van der Waals surface area contributed by atoms with Crippen LogP contribution in [0.4, 0.5) is 0 Å². The second-order valence-corrected chi connectivity index (χ2v) is 13.6. The first-order valence-electron chi connectivity index (χ1n) is 16.6. The molecule has 0 saturated heterocycles. The van der Waals surface area contributed by atoms with Gasteiger partial charge in [0.2, 0.25) is 0 Å². The van der Waals surface area contributed by atoms with Gasteiger partial charge in [-0.3, -0.25) is 4.98 Å². The molecule has 1 N–H and O–H groups in total. The molecule has 9 aromatic rings. The van der Waals surface area contributed by atoms with Crippen molar-refractivity contribution in [2.75, 3.05) is 0 Å². The molecule has 50 heavy (non-hydrogen) atoms. The molecule has 6 aromatic carbocycles. The van der Waals surface area contributed by atoms with E-state index in [0.717, 1.165) is 82.2 Å². The molecule has 0 bridgehead atoms.